The van der Waals surface area contributed by atoms with Crippen molar-refractivity contribution >= 4 is 17.5 Å². The molecule has 0 radical (unpaired) electrons. The topological polar surface area (TPSA) is 55.1 Å². The minimum absolute atomic E-state index is 0.278. The van der Waals surface area contributed by atoms with Gasteiger partial charge in [-0.3, -0.25) is 10.2 Å². The van der Waals surface area contributed by atoms with E-state index in [0.29, 0.717) is 17.0 Å². The van der Waals surface area contributed by atoms with E-state index in [1.807, 2.05) is 42.5 Å². The summed E-state index contributed by atoms with van der Waals surface area (Å²) < 4.78 is 0. The number of amides is 1. The Morgan fingerprint density at radius 3 is 2.44 bits per heavy atom. The maximum Gasteiger partial charge on any atom is 0.265 e. The second-order valence-corrected chi connectivity index (χ2v) is 4.37. The van der Waals surface area contributed by atoms with Crippen LogP contribution in [0, 0.1) is 0 Å². The lowest BCUT2D eigenvalue weighted by molar-refractivity contribution is 0.0953. The van der Waals surface area contributed by atoms with Crippen molar-refractivity contribution in [2.24, 2.45) is 5.84 Å². The number of halogens is 1. The van der Waals surface area contributed by atoms with E-state index in [2.05, 4.69) is 5.43 Å². The fourth-order valence-electron chi connectivity index (χ4n) is 1.80. The van der Waals surface area contributed by atoms with E-state index in [4.69, 9.17) is 17.4 Å². The van der Waals surface area contributed by atoms with Crippen molar-refractivity contribution in [2.75, 3.05) is 0 Å². The van der Waals surface area contributed by atoms with Crippen molar-refractivity contribution < 1.29 is 4.79 Å². The summed E-state index contributed by atoms with van der Waals surface area (Å²) >= 11 is 5.84. The molecule has 1 amide bonds. The van der Waals surface area contributed by atoms with Crippen LogP contribution in [0.2, 0.25) is 5.02 Å². The maximum absolute atomic E-state index is 11.6. The van der Waals surface area contributed by atoms with Gasteiger partial charge >= 0.3 is 0 Å². The number of nitrogens with one attached hydrogen (secondary N) is 1. The Morgan fingerprint density at radius 1 is 1.11 bits per heavy atom. The van der Waals surface area contributed by atoms with E-state index in [0.717, 1.165) is 11.1 Å². The first-order chi connectivity index (χ1) is 8.70. The Balaban J connectivity index is 2.28. The first-order valence-corrected chi connectivity index (χ1v) is 5.92. The van der Waals surface area contributed by atoms with Crippen LogP contribution >= 0.6 is 11.6 Å². The summed E-state index contributed by atoms with van der Waals surface area (Å²) in [6.45, 7) is 0. The van der Waals surface area contributed by atoms with Crippen LogP contribution in [0.15, 0.2) is 48.5 Å². The van der Waals surface area contributed by atoms with Gasteiger partial charge < -0.3 is 0 Å². The van der Waals surface area contributed by atoms with Crippen LogP contribution in [0.3, 0.4) is 0 Å². The minimum atomic E-state index is -0.278. The summed E-state index contributed by atoms with van der Waals surface area (Å²) in [5, 5.41) is 0.701. The molecule has 0 aliphatic rings. The number of nitrogen functional groups attached to an aromatic ring is 1. The second-order valence-electron chi connectivity index (χ2n) is 3.93. The number of carbonyl (C=O) groups excluding carboxylic acids is 1. The van der Waals surface area contributed by atoms with Gasteiger partial charge in [-0.1, -0.05) is 41.9 Å². The van der Waals surface area contributed by atoms with E-state index in [-0.39, 0.29) is 5.91 Å². The molecule has 3 N–H and O–H groups in total. The van der Waals surface area contributed by atoms with E-state index >= 15 is 0 Å². The molecular formula is C14H13ClN2O. The van der Waals surface area contributed by atoms with Gasteiger partial charge in [-0.05, 0) is 35.7 Å². The molecule has 0 aliphatic carbocycles. The molecule has 0 spiro atoms. The van der Waals surface area contributed by atoms with Crippen LogP contribution in [0.5, 0.6) is 0 Å². The lowest BCUT2D eigenvalue weighted by Crippen LogP contribution is -2.30. The summed E-state index contributed by atoms with van der Waals surface area (Å²) in [5.74, 6) is 4.89. The average Bonchev–Trinajstić information content (AvgIpc) is 2.41. The third-order valence-corrected chi connectivity index (χ3v) is 2.95. The highest BCUT2D eigenvalue weighted by atomic mass is 35.5. The van der Waals surface area contributed by atoms with Gasteiger partial charge in [0.1, 0.15) is 0 Å². The number of hydrazine groups is 1. The van der Waals surface area contributed by atoms with Gasteiger partial charge in [-0.2, -0.15) is 0 Å². The summed E-state index contributed by atoms with van der Waals surface area (Å²) in [7, 11) is 0. The van der Waals surface area contributed by atoms with Crippen LogP contribution in [0.1, 0.15) is 21.5 Å². The molecule has 0 heterocycles. The Kier molecular flexibility index (Phi) is 3.97. The molecule has 18 heavy (non-hydrogen) atoms. The summed E-state index contributed by atoms with van der Waals surface area (Å²) in [6, 6.07) is 14.9. The third-order valence-electron chi connectivity index (χ3n) is 2.70. The first-order valence-electron chi connectivity index (χ1n) is 5.54. The molecule has 0 unspecified atom stereocenters. The normalized spacial score (nSPS) is 10.1. The Bertz CT molecular complexity index is 552. The predicted octanol–water partition coefficient (Wildman–Crippen LogP) is 2.53. The highest BCUT2D eigenvalue weighted by Gasteiger charge is 2.09. The van der Waals surface area contributed by atoms with Crippen molar-refractivity contribution in [1.29, 1.82) is 0 Å². The number of rotatable bonds is 3. The summed E-state index contributed by atoms with van der Waals surface area (Å²) in [4.78, 5) is 11.6. The van der Waals surface area contributed by atoms with E-state index in [1.54, 1.807) is 6.07 Å². The lowest BCUT2D eigenvalue weighted by Gasteiger charge is -2.08. The third kappa shape index (κ3) is 2.88. The van der Waals surface area contributed by atoms with E-state index < -0.39 is 0 Å². The molecule has 0 saturated carbocycles. The van der Waals surface area contributed by atoms with Gasteiger partial charge in [0, 0.05) is 10.6 Å². The van der Waals surface area contributed by atoms with Crippen LogP contribution in [0.25, 0.3) is 0 Å². The van der Waals surface area contributed by atoms with E-state index in [9.17, 15) is 4.79 Å². The smallest absolute Gasteiger partial charge is 0.265 e. The highest BCUT2D eigenvalue weighted by Crippen LogP contribution is 2.16. The molecule has 2 aromatic carbocycles. The predicted molar refractivity (Wildman–Crippen MR) is 72.4 cm³/mol. The lowest BCUT2D eigenvalue weighted by atomic mass is 9.99. The molecule has 3 nitrogen and oxygen atoms in total. The Morgan fingerprint density at radius 2 is 1.78 bits per heavy atom. The zero-order chi connectivity index (χ0) is 13.0. The number of benzene rings is 2. The molecule has 0 atom stereocenters. The molecule has 4 heteroatoms. The molecule has 0 aliphatic heterocycles. The number of nitrogens with two attached hydrogens (primary N) is 1. The van der Waals surface area contributed by atoms with Crippen molar-refractivity contribution in [2.45, 2.75) is 6.42 Å². The van der Waals surface area contributed by atoms with Crippen molar-refractivity contribution in [3.8, 4) is 0 Å². The standard InChI is InChI=1S/C14H13ClN2O/c15-12-7-5-10(6-8-12)9-11-3-1-2-4-13(11)14(18)17-16/h1-8H,9,16H2,(H,17,18). The summed E-state index contributed by atoms with van der Waals surface area (Å²) in [6.07, 6.45) is 0.667. The Labute approximate surface area is 111 Å². The van der Waals surface area contributed by atoms with Crippen molar-refractivity contribution in [3.05, 3.63) is 70.2 Å². The van der Waals surface area contributed by atoms with Crippen LogP contribution in [-0.4, -0.2) is 5.91 Å². The molecule has 0 bridgehead atoms. The van der Waals surface area contributed by atoms with Gasteiger partial charge in [-0.15, -0.1) is 0 Å². The zero-order valence-corrected chi connectivity index (χ0v) is 10.4. The number of carbonyl (C=O) groups is 1. The molecule has 0 aromatic heterocycles. The fraction of sp³-hybridized carbons (Fsp3) is 0.0714. The zero-order valence-electron chi connectivity index (χ0n) is 9.69. The van der Waals surface area contributed by atoms with Crippen LogP contribution in [-0.2, 0) is 6.42 Å². The molecule has 0 saturated heterocycles. The molecule has 92 valence electrons. The first kappa shape index (κ1) is 12.6. The van der Waals surface area contributed by atoms with Gasteiger partial charge in [0.2, 0.25) is 0 Å². The molecule has 2 rings (SSSR count). The summed E-state index contributed by atoms with van der Waals surface area (Å²) in [5.41, 5.74) is 4.78. The minimum Gasteiger partial charge on any atom is -0.290 e. The van der Waals surface area contributed by atoms with Gasteiger partial charge in [0.05, 0.1) is 0 Å². The van der Waals surface area contributed by atoms with Gasteiger partial charge in [0.15, 0.2) is 0 Å². The maximum atomic E-state index is 11.6. The Hall–Kier alpha value is -1.84. The van der Waals surface area contributed by atoms with Gasteiger partial charge in [-0.25, -0.2) is 5.84 Å². The number of hydrogen-bond acceptors (Lipinski definition) is 2. The quantitative estimate of drug-likeness (QED) is 0.506. The monoisotopic (exact) mass is 260 g/mol. The van der Waals surface area contributed by atoms with Crippen LogP contribution < -0.4 is 11.3 Å². The number of hydrogen-bond donors (Lipinski definition) is 2. The molecule has 0 fully saturated rings. The second kappa shape index (κ2) is 5.67. The van der Waals surface area contributed by atoms with Crippen molar-refractivity contribution in [1.82, 2.24) is 5.43 Å². The largest absolute Gasteiger partial charge is 0.290 e. The van der Waals surface area contributed by atoms with Gasteiger partial charge in [0.25, 0.3) is 5.91 Å². The molecular weight excluding hydrogens is 248 g/mol. The van der Waals surface area contributed by atoms with Crippen LogP contribution in [0.4, 0.5) is 0 Å². The highest BCUT2D eigenvalue weighted by molar-refractivity contribution is 6.30. The molecule has 2 aromatic rings. The SMILES string of the molecule is NNC(=O)c1ccccc1Cc1ccc(Cl)cc1. The average molecular weight is 261 g/mol. The fourth-order valence-corrected chi connectivity index (χ4v) is 1.92. The van der Waals surface area contributed by atoms with Crippen molar-refractivity contribution in [3.63, 3.8) is 0 Å². The van der Waals surface area contributed by atoms with E-state index in [1.165, 1.54) is 0 Å².